The number of piperazine rings is 1. The lowest BCUT2D eigenvalue weighted by molar-refractivity contribution is 0.271. The van der Waals surface area contributed by atoms with Crippen molar-refractivity contribution >= 4 is 16.7 Å². The topological polar surface area (TPSA) is 32.5 Å². The van der Waals surface area contributed by atoms with Gasteiger partial charge < -0.3 is 14.3 Å². The van der Waals surface area contributed by atoms with Crippen LogP contribution in [0.2, 0.25) is 0 Å². The van der Waals surface area contributed by atoms with Crippen molar-refractivity contribution in [2.24, 2.45) is 0 Å². The smallest absolute Gasteiger partial charge is 0.169 e. The molecule has 18 heavy (non-hydrogen) atoms. The Kier molecular flexibility index (Phi) is 2.96. The van der Waals surface area contributed by atoms with E-state index < -0.39 is 0 Å². The maximum absolute atomic E-state index is 5.34. The second kappa shape index (κ2) is 4.61. The van der Waals surface area contributed by atoms with Crippen molar-refractivity contribution in [2.75, 3.05) is 37.6 Å². The van der Waals surface area contributed by atoms with Crippen LogP contribution in [0.5, 0.6) is 0 Å². The predicted octanol–water partition coefficient (Wildman–Crippen LogP) is 2.28. The Bertz CT molecular complexity index is 541. The summed E-state index contributed by atoms with van der Waals surface area (Å²) in [5, 5.41) is 5.12. The highest BCUT2D eigenvalue weighted by Gasteiger charge is 2.16. The number of nitrogens with zero attached hydrogens (tertiary/aromatic N) is 3. The summed E-state index contributed by atoms with van der Waals surface area (Å²) in [4.78, 5) is 4.90. The number of likely N-dealkylation sites (N-methyl/N-ethyl adjacent to an activating group) is 1. The third-order valence-corrected chi connectivity index (χ3v) is 3.82. The van der Waals surface area contributed by atoms with Crippen molar-refractivity contribution < 1.29 is 4.52 Å². The zero-order valence-corrected chi connectivity index (χ0v) is 11.0. The summed E-state index contributed by atoms with van der Waals surface area (Å²) in [7, 11) is 0. The molecule has 0 radical (unpaired) electrons. The van der Waals surface area contributed by atoms with Crippen LogP contribution in [0.1, 0.15) is 12.6 Å². The highest BCUT2D eigenvalue weighted by atomic mass is 16.5. The lowest BCUT2D eigenvalue weighted by Crippen LogP contribution is -2.46. The number of anilines is 1. The first-order valence-electron chi connectivity index (χ1n) is 6.61. The van der Waals surface area contributed by atoms with E-state index >= 15 is 0 Å². The molecule has 1 aromatic heterocycles. The van der Waals surface area contributed by atoms with Gasteiger partial charge in [0.25, 0.3) is 0 Å². The van der Waals surface area contributed by atoms with Crippen molar-refractivity contribution in [3.05, 3.63) is 23.9 Å². The zero-order chi connectivity index (χ0) is 12.5. The Morgan fingerprint density at radius 2 is 2.00 bits per heavy atom. The maximum atomic E-state index is 5.34. The maximum Gasteiger partial charge on any atom is 0.169 e. The van der Waals surface area contributed by atoms with E-state index in [1.54, 1.807) is 0 Å². The summed E-state index contributed by atoms with van der Waals surface area (Å²) < 4.78 is 5.34. The van der Waals surface area contributed by atoms with Crippen LogP contribution < -0.4 is 4.90 Å². The number of benzene rings is 1. The van der Waals surface area contributed by atoms with Crippen molar-refractivity contribution in [1.29, 1.82) is 0 Å². The van der Waals surface area contributed by atoms with Crippen LogP contribution >= 0.6 is 0 Å². The van der Waals surface area contributed by atoms with E-state index in [0.29, 0.717) is 0 Å². The Morgan fingerprint density at radius 1 is 1.22 bits per heavy atom. The van der Waals surface area contributed by atoms with E-state index in [1.807, 2.05) is 6.92 Å². The van der Waals surface area contributed by atoms with Gasteiger partial charge in [-0.05, 0) is 25.6 Å². The summed E-state index contributed by atoms with van der Waals surface area (Å²) in [5.41, 5.74) is 3.10. The Hall–Kier alpha value is -1.55. The monoisotopic (exact) mass is 245 g/mol. The molecule has 96 valence electrons. The molecule has 0 N–H and O–H groups in total. The molecule has 0 atom stereocenters. The molecule has 0 saturated carbocycles. The van der Waals surface area contributed by atoms with Gasteiger partial charge in [0, 0.05) is 43.3 Å². The van der Waals surface area contributed by atoms with Crippen LogP contribution in [-0.4, -0.2) is 42.8 Å². The van der Waals surface area contributed by atoms with E-state index in [1.165, 1.54) is 5.69 Å². The van der Waals surface area contributed by atoms with Gasteiger partial charge in [0.2, 0.25) is 0 Å². The number of hydrogen-bond donors (Lipinski definition) is 0. The lowest BCUT2D eigenvalue weighted by Gasteiger charge is -2.35. The van der Waals surface area contributed by atoms with Crippen LogP contribution in [0.15, 0.2) is 22.7 Å². The number of aromatic nitrogens is 1. The predicted molar refractivity (Wildman–Crippen MR) is 73.1 cm³/mol. The fourth-order valence-corrected chi connectivity index (χ4v) is 2.57. The number of fused-ring (bicyclic) bond motifs is 1. The second-order valence-electron chi connectivity index (χ2n) is 4.87. The first-order valence-corrected chi connectivity index (χ1v) is 6.61. The van der Waals surface area contributed by atoms with Gasteiger partial charge in [0.05, 0.1) is 5.69 Å². The lowest BCUT2D eigenvalue weighted by atomic mass is 10.2. The molecule has 4 heteroatoms. The molecule has 2 heterocycles. The van der Waals surface area contributed by atoms with Crippen LogP contribution in [-0.2, 0) is 0 Å². The molecule has 1 saturated heterocycles. The van der Waals surface area contributed by atoms with Gasteiger partial charge in [0.15, 0.2) is 5.58 Å². The van der Waals surface area contributed by atoms with Crippen LogP contribution in [0.25, 0.3) is 11.0 Å². The van der Waals surface area contributed by atoms with Gasteiger partial charge in [-0.3, -0.25) is 0 Å². The quantitative estimate of drug-likeness (QED) is 0.812. The summed E-state index contributed by atoms with van der Waals surface area (Å²) in [5.74, 6) is 0. The van der Waals surface area contributed by atoms with E-state index in [0.717, 1.165) is 49.4 Å². The molecule has 0 amide bonds. The van der Waals surface area contributed by atoms with Crippen molar-refractivity contribution in [2.45, 2.75) is 13.8 Å². The van der Waals surface area contributed by atoms with Gasteiger partial charge >= 0.3 is 0 Å². The van der Waals surface area contributed by atoms with Gasteiger partial charge in [0.1, 0.15) is 0 Å². The first-order chi connectivity index (χ1) is 8.78. The number of hydrogen-bond acceptors (Lipinski definition) is 4. The Morgan fingerprint density at radius 3 is 2.72 bits per heavy atom. The van der Waals surface area contributed by atoms with Crippen LogP contribution in [0.3, 0.4) is 0 Å². The van der Waals surface area contributed by atoms with Gasteiger partial charge in [-0.1, -0.05) is 12.1 Å². The minimum absolute atomic E-state index is 0.892. The molecule has 0 aliphatic carbocycles. The minimum atomic E-state index is 0.892. The molecule has 1 aliphatic rings. The molecular formula is C14H19N3O. The van der Waals surface area contributed by atoms with E-state index in [2.05, 4.69) is 40.1 Å². The summed E-state index contributed by atoms with van der Waals surface area (Å²) in [6, 6.07) is 6.40. The molecule has 4 nitrogen and oxygen atoms in total. The summed E-state index contributed by atoms with van der Waals surface area (Å²) >= 11 is 0. The van der Waals surface area contributed by atoms with Crippen LogP contribution in [0.4, 0.5) is 5.69 Å². The van der Waals surface area contributed by atoms with Gasteiger partial charge in [-0.25, -0.2) is 0 Å². The molecule has 1 aliphatic heterocycles. The molecule has 3 rings (SSSR count). The highest BCUT2D eigenvalue weighted by molar-refractivity contribution is 5.82. The fraction of sp³-hybridized carbons (Fsp3) is 0.500. The fourth-order valence-electron chi connectivity index (χ4n) is 2.57. The van der Waals surface area contributed by atoms with Crippen molar-refractivity contribution in [3.63, 3.8) is 0 Å². The molecular weight excluding hydrogens is 226 g/mol. The Balaban J connectivity index is 1.82. The molecule has 1 aromatic carbocycles. The van der Waals surface area contributed by atoms with Crippen molar-refractivity contribution in [1.82, 2.24) is 10.1 Å². The van der Waals surface area contributed by atoms with Gasteiger partial charge in [-0.15, -0.1) is 0 Å². The summed E-state index contributed by atoms with van der Waals surface area (Å²) in [6.07, 6.45) is 0. The van der Waals surface area contributed by atoms with E-state index in [9.17, 15) is 0 Å². The van der Waals surface area contributed by atoms with E-state index in [4.69, 9.17) is 4.52 Å². The van der Waals surface area contributed by atoms with Crippen LogP contribution in [0, 0.1) is 6.92 Å². The average Bonchev–Trinajstić information content (AvgIpc) is 2.80. The average molecular weight is 245 g/mol. The van der Waals surface area contributed by atoms with Crippen molar-refractivity contribution in [3.8, 4) is 0 Å². The largest absolute Gasteiger partial charge is 0.369 e. The molecule has 0 unspecified atom stereocenters. The normalized spacial score (nSPS) is 17.6. The number of rotatable bonds is 2. The SMILES string of the molecule is CCN1CCN(c2ccc3c(C)noc3c2)CC1. The highest BCUT2D eigenvalue weighted by Crippen LogP contribution is 2.24. The van der Waals surface area contributed by atoms with Gasteiger partial charge in [-0.2, -0.15) is 0 Å². The van der Waals surface area contributed by atoms with E-state index in [-0.39, 0.29) is 0 Å². The summed E-state index contributed by atoms with van der Waals surface area (Å²) in [6.45, 7) is 9.81. The third-order valence-electron chi connectivity index (χ3n) is 3.82. The standard InChI is InChI=1S/C14H19N3O/c1-3-16-6-8-17(9-7-16)12-4-5-13-11(2)15-18-14(13)10-12/h4-5,10H,3,6-9H2,1-2H3. The zero-order valence-electron chi connectivity index (χ0n) is 11.0. The molecule has 1 fully saturated rings. The molecule has 0 bridgehead atoms. The molecule has 2 aromatic rings. The Labute approximate surface area is 107 Å². The molecule has 0 spiro atoms. The third kappa shape index (κ3) is 1.97. The first kappa shape index (κ1) is 11.5. The minimum Gasteiger partial charge on any atom is -0.369 e. The second-order valence-corrected chi connectivity index (χ2v) is 4.87. The number of aryl methyl sites for hydroxylation is 1.